The number of rotatable bonds is 1. The highest BCUT2D eigenvalue weighted by molar-refractivity contribution is 14.1. The lowest BCUT2D eigenvalue weighted by Crippen LogP contribution is -2.57. The first kappa shape index (κ1) is 10.6. The second kappa shape index (κ2) is 4.16. The quantitative estimate of drug-likeness (QED) is 0.339. The van der Waals surface area contributed by atoms with Gasteiger partial charge in [-0.05, 0) is 0 Å². The summed E-state index contributed by atoms with van der Waals surface area (Å²) in [6.45, 7) is 0. The minimum Gasteiger partial charge on any atom is -0.388 e. The molecule has 0 spiro atoms. The highest BCUT2D eigenvalue weighted by Gasteiger charge is 2.42. The molecular weight excluding hydrogens is 279 g/mol. The van der Waals surface area contributed by atoms with Crippen molar-refractivity contribution >= 4 is 22.6 Å². The molecule has 5 nitrogen and oxygen atoms in total. The van der Waals surface area contributed by atoms with Gasteiger partial charge < -0.3 is 25.2 Å². The molecule has 12 heavy (non-hydrogen) atoms. The average molecular weight is 290 g/mol. The summed E-state index contributed by atoms with van der Waals surface area (Å²) in [6.07, 6.45) is -5.95. The smallest absolute Gasteiger partial charge is 0.183 e. The fourth-order valence-corrected chi connectivity index (χ4v) is 1.79. The Kier molecular flexibility index (Phi) is 3.68. The van der Waals surface area contributed by atoms with Crippen LogP contribution in [0.15, 0.2) is 0 Å². The van der Waals surface area contributed by atoms with Gasteiger partial charge in [-0.25, -0.2) is 0 Å². The molecule has 0 saturated carbocycles. The maximum Gasteiger partial charge on any atom is 0.183 e. The van der Waals surface area contributed by atoms with Crippen molar-refractivity contribution in [1.29, 1.82) is 0 Å². The lowest BCUT2D eigenvalue weighted by Gasteiger charge is -2.37. The van der Waals surface area contributed by atoms with Crippen LogP contribution in [0.2, 0.25) is 0 Å². The molecule has 0 aliphatic carbocycles. The van der Waals surface area contributed by atoms with Crippen LogP contribution in [-0.2, 0) is 4.74 Å². The van der Waals surface area contributed by atoms with Crippen LogP contribution in [0.1, 0.15) is 0 Å². The summed E-state index contributed by atoms with van der Waals surface area (Å²) < 4.78 is 5.26. The topological polar surface area (TPSA) is 90.2 Å². The molecule has 72 valence electrons. The van der Waals surface area contributed by atoms with Crippen molar-refractivity contribution in [3.8, 4) is 0 Å². The molecule has 1 heterocycles. The summed E-state index contributed by atoms with van der Waals surface area (Å²) in [5.41, 5.74) is 0. The summed E-state index contributed by atoms with van der Waals surface area (Å²) in [6, 6.07) is 0. The van der Waals surface area contributed by atoms with Crippen LogP contribution in [0.5, 0.6) is 0 Å². The predicted molar refractivity (Wildman–Crippen MR) is 47.8 cm³/mol. The van der Waals surface area contributed by atoms with Crippen molar-refractivity contribution in [3.63, 3.8) is 0 Å². The van der Waals surface area contributed by atoms with Gasteiger partial charge in [0.15, 0.2) is 6.29 Å². The zero-order valence-corrected chi connectivity index (χ0v) is 8.33. The molecular formula is C6H11IO5. The van der Waals surface area contributed by atoms with E-state index in [2.05, 4.69) is 0 Å². The summed E-state index contributed by atoms with van der Waals surface area (Å²) in [5.74, 6) is 0. The first-order chi connectivity index (χ1) is 5.57. The zero-order chi connectivity index (χ0) is 9.30. The zero-order valence-electron chi connectivity index (χ0n) is 6.17. The van der Waals surface area contributed by atoms with Crippen LogP contribution in [-0.4, -0.2) is 55.6 Å². The van der Waals surface area contributed by atoms with Gasteiger partial charge in [0.05, 0.1) is 6.10 Å². The molecule has 4 N–H and O–H groups in total. The lowest BCUT2D eigenvalue weighted by molar-refractivity contribution is -0.275. The van der Waals surface area contributed by atoms with E-state index in [1.165, 1.54) is 0 Å². The Hall–Kier alpha value is 0.530. The summed E-state index contributed by atoms with van der Waals surface area (Å²) in [7, 11) is 0. The number of ether oxygens (including phenoxy) is 1. The molecule has 1 saturated heterocycles. The van der Waals surface area contributed by atoms with E-state index in [0.717, 1.165) is 0 Å². The van der Waals surface area contributed by atoms with Crippen molar-refractivity contribution in [3.05, 3.63) is 0 Å². The third-order valence-electron chi connectivity index (χ3n) is 1.84. The Labute approximate surface area is 83.1 Å². The number of alkyl halides is 1. The van der Waals surface area contributed by atoms with Gasteiger partial charge >= 0.3 is 0 Å². The lowest BCUT2D eigenvalue weighted by atomic mass is 10.0. The van der Waals surface area contributed by atoms with Gasteiger partial charge in [-0.1, -0.05) is 22.6 Å². The molecule has 1 aliphatic rings. The second-order valence-electron chi connectivity index (χ2n) is 2.69. The third-order valence-corrected chi connectivity index (χ3v) is 2.71. The normalized spacial score (nSPS) is 49.2. The van der Waals surface area contributed by atoms with Gasteiger partial charge in [0.25, 0.3) is 0 Å². The maximum absolute atomic E-state index is 9.27. The molecule has 1 aliphatic heterocycles. The molecule has 5 atom stereocenters. The SMILES string of the molecule is O[C@H]1[C@H](O)[C@H](CI)O[C@H](O)[C@H]1O. The van der Waals surface area contributed by atoms with E-state index in [0.29, 0.717) is 4.43 Å². The van der Waals surface area contributed by atoms with Gasteiger partial charge in [0.1, 0.15) is 18.3 Å². The molecule has 0 aromatic heterocycles. The fraction of sp³-hybridized carbons (Fsp3) is 1.00. The first-order valence-electron chi connectivity index (χ1n) is 3.51. The van der Waals surface area contributed by atoms with E-state index in [9.17, 15) is 10.2 Å². The Balaban J connectivity index is 2.63. The van der Waals surface area contributed by atoms with Crippen molar-refractivity contribution < 1.29 is 25.2 Å². The molecule has 0 bridgehead atoms. The van der Waals surface area contributed by atoms with Crippen molar-refractivity contribution in [2.24, 2.45) is 0 Å². The molecule has 0 aromatic rings. The molecule has 1 fully saturated rings. The average Bonchev–Trinajstić information content (AvgIpc) is 2.08. The van der Waals surface area contributed by atoms with Gasteiger partial charge in [-0.3, -0.25) is 0 Å². The maximum atomic E-state index is 9.27. The van der Waals surface area contributed by atoms with E-state index in [4.69, 9.17) is 14.9 Å². The van der Waals surface area contributed by atoms with E-state index in [-0.39, 0.29) is 0 Å². The first-order valence-corrected chi connectivity index (χ1v) is 5.04. The highest BCUT2D eigenvalue weighted by atomic mass is 127. The third kappa shape index (κ3) is 1.88. The van der Waals surface area contributed by atoms with E-state index in [1.54, 1.807) is 0 Å². The van der Waals surface area contributed by atoms with Crippen molar-refractivity contribution in [2.75, 3.05) is 4.43 Å². The molecule has 0 radical (unpaired) electrons. The van der Waals surface area contributed by atoms with Crippen LogP contribution in [0.4, 0.5) is 0 Å². The monoisotopic (exact) mass is 290 g/mol. The van der Waals surface area contributed by atoms with Gasteiger partial charge in [0.2, 0.25) is 0 Å². The number of hydrogen-bond acceptors (Lipinski definition) is 5. The Morgan fingerprint density at radius 1 is 1.00 bits per heavy atom. The van der Waals surface area contributed by atoms with E-state index >= 15 is 0 Å². The Morgan fingerprint density at radius 3 is 2.08 bits per heavy atom. The van der Waals surface area contributed by atoms with Gasteiger partial charge in [0, 0.05) is 4.43 Å². The molecule has 6 heteroatoms. The second-order valence-corrected chi connectivity index (χ2v) is 3.57. The molecule has 0 aromatic carbocycles. The van der Waals surface area contributed by atoms with E-state index in [1.807, 2.05) is 22.6 Å². The number of aliphatic hydroxyl groups is 4. The summed E-state index contributed by atoms with van der Waals surface area (Å²) in [5, 5.41) is 36.5. The molecule has 1 rings (SSSR count). The van der Waals surface area contributed by atoms with Crippen molar-refractivity contribution in [2.45, 2.75) is 30.7 Å². The van der Waals surface area contributed by atoms with Crippen molar-refractivity contribution in [1.82, 2.24) is 0 Å². The highest BCUT2D eigenvalue weighted by Crippen LogP contribution is 2.20. The predicted octanol–water partition coefficient (Wildman–Crippen LogP) is -1.78. The molecule has 0 unspecified atom stereocenters. The standard InChI is InChI=1S/C6H11IO5/c7-1-2-3(8)4(9)5(10)6(11)12-2/h2-6,8-11H,1H2/t2-,3+,4-,5-,6-/m0/s1. The number of aliphatic hydroxyl groups excluding tert-OH is 4. The minimum atomic E-state index is -1.43. The van der Waals surface area contributed by atoms with Crippen LogP contribution in [0, 0.1) is 0 Å². The molecule has 0 amide bonds. The fourth-order valence-electron chi connectivity index (χ4n) is 1.06. The van der Waals surface area contributed by atoms with Crippen LogP contribution < -0.4 is 0 Å². The van der Waals surface area contributed by atoms with E-state index < -0.39 is 30.7 Å². The Bertz CT molecular complexity index is 150. The van der Waals surface area contributed by atoms with Gasteiger partial charge in [-0.2, -0.15) is 0 Å². The van der Waals surface area contributed by atoms with Crippen LogP contribution in [0.3, 0.4) is 0 Å². The van der Waals surface area contributed by atoms with Crippen LogP contribution >= 0.6 is 22.6 Å². The van der Waals surface area contributed by atoms with Gasteiger partial charge in [-0.15, -0.1) is 0 Å². The number of halogens is 1. The number of hydrogen-bond donors (Lipinski definition) is 4. The minimum absolute atomic E-state index is 0.444. The Morgan fingerprint density at radius 2 is 1.58 bits per heavy atom. The summed E-state index contributed by atoms with van der Waals surface area (Å²) >= 11 is 1.96. The van der Waals surface area contributed by atoms with Crippen LogP contribution in [0.25, 0.3) is 0 Å². The largest absolute Gasteiger partial charge is 0.388 e. The summed E-state index contributed by atoms with van der Waals surface area (Å²) in [4.78, 5) is 0.